The molecular weight excluding hydrogens is 268 g/mol. The Morgan fingerprint density at radius 3 is 2.75 bits per heavy atom. The molecule has 1 aromatic heterocycles. The van der Waals surface area contributed by atoms with Gasteiger partial charge in [-0.3, -0.25) is 0 Å². The molecule has 3 rings (SSSR count). The van der Waals surface area contributed by atoms with Gasteiger partial charge in [0.2, 0.25) is 0 Å². The third-order valence-electron chi connectivity index (χ3n) is 3.82. The Morgan fingerprint density at radius 2 is 2.15 bits per heavy atom. The molecule has 2 unspecified atom stereocenters. The van der Waals surface area contributed by atoms with Gasteiger partial charge in [-0.15, -0.1) is 11.3 Å². The highest BCUT2D eigenvalue weighted by atomic mass is 32.1. The zero-order valence-corrected chi connectivity index (χ0v) is 12.7. The number of benzene rings is 1. The van der Waals surface area contributed by atoms with Crippen LogP contribution in [0.4, 0.5) is 5.69 Å². The zero-order chi connectivity index (χ0) is 13.9. The van der Waals surface area contributed by atoms with Gasteiger partial charge >= 0.3 is 0 Å². The van der Waals surface area contributed by atoms with Gasteiger partial charge in [-0.25, -0.2) is 4.98 Å². The first kappa shape index (κ1) is 13.6. The summed E-state index contributed by atoms with van der Waals surface area (Å²) in [6.07, 6.45) is 1.16. The number of hydrogen-bond donors (Lipinski definition) is 1. The predicted octanol–water partition coefficient (Wildman–Crippen LogP) is 3.96. The van der Waals surface area contributed by atoms with E-state index in [1.807, 2.05) is 6.92 Å². The maximum absolute atomic E-state index is 5.45. The summed E-state index contributed by atoms with van der Waals surface area (Å²) in [7, 11) is 0. The molecule has 1 fully saturated rings. The second-order valence-corrected chi connectivity index (χ2v) is 6.29. The fourth-order valence-electron chi connectivity index (χ4n) is 2.52. The number of ether oxygens (including phenoxy) is 1. The van der Waals surface area contributed by atoms with Gasteiger partial charge in [-0.1, -0.05) is 0 Å². The summed E-state index contributed by atoms with van der Waals surface area (Å²) in [5.74, 6) is 0.622. The van der Waals surface area contributed by atoms with E-state index in [0.717, 1.165) is 30.3 Å². The minimum Gasteiger partial charge on any atom is -0.382 e. The predicted molar refractivity (Wildman–Crippen MR) is 84.3 cm³/mol. The topological polar surface area (TPSA) is 34.1 Å². The van der Waals surface area contributed by atoms with Crippen molar-refractivity contribution in [1.82, 2.24) is 4.98 Å². The van der Waals surface area contributed by atoms with E-state index in [2.05, 4.69) is 46.9 Å². The van der Waals surface area contributed by atoms with Crippen LogP contribution in [0.15, 0.2) is 29.6 Å². The van der Waals surface area contributed by atoms with E-state index in [9.17, 15) is 0 Å². The Kier molecular flexibility index (Phi) is 4.03. The van der Waals surface area contributed by atoms with Crippen LogP contribution in [0.5, 0.6) is 0 Å². The second kappa shape index (κ2) is 5.94. The van der Waals surface area contributed by atoms with Crippen molar-refractivity contribution in [2.24, 2.45) is 5.92 Å². The Bertz CT molecular complexity index is 558. The fourth-order valence-corrected chi connectivity index (χ4v) is 3.33. The van der Waals surface area contributed by atoms with Crippen molar-refractivity contribution in [1.29, 1.82) is 0 Å². The number of thiazole rings is 1. The summed E-state index contributed by atoms with van der Waals surface area (Å²) in [6.45, 7) is 6.04. The van der Waals surface area contributed by atoms with Crippen LogP contribution in [0.1, 0.15) is 19.0 Å². The van der Waals surface area contributed by atoms with E-state index in [1.165, 1.54) is 11.3 Å². The van der Waals surface area contributed by atoms with Crippen LogP contribution in [0.2, 0.25) is 0 Å². The number of rotatable bonds is 4. The molecule has 2 heterocycles. The van der Waals surface area contributed by atoms with Crippen molar-refractivity contribution < 1.29 is 4.74 Å². The number of nitrogens with one attached hydrogen (secondary N) is 1. The minimum atomic E-state index is 0.449. The van der Waals surface area contributed by atoms with Crippen LogP contribution in [0.3, 0.4) is 0 Å². The van der Waals surface area contributed by atoms with Crippen LogP contribution in [0.25, 0.3) is 10.6 Å². The summed E-state index contributed by atoms with van der Waals surface area (Å²) >= 11 is 1.69. The smallest absolute Gasteiger partial charge is 0.123 e. The van der Waals surface area contributed by atoms with E-state index >= 15 is 0 Å². The van der Waals surface area contributed by atoms with Gasteiger partial charge in [0.1, 0.15) is 5.01 Å². The molecule has 0 spiro atoms. The molecule has 2 atom stereocenters. The SMILES string of the molecule is Cc1csc(-c2ccc(NC(C)C3CCOC3)cc2)n1. The Labute approximate surface area is 124 Å². The molecule has 3 nitrogen and oxygen atoms in total. The van der Waals surface area contributed by atoms with Gasteiger partial charge in [0, 0.05) is 40.9 Å². The minimum absolute atomic E-state index is 0.449. The van der Waals surface area contributed by atoms with Crippen molar-refractivity contribution in [3.05, 3.63) is 35.3 Å². The van der Waals surface area contributed by atoms with E-state index < -0.39 is 0 Å². The molecule has 0 bridgehead atoms. The summed E-state index contributed by atoms with van der Waals surface area (Å²) < 4.78 is 5.45. The van der Waals surface area contributed by atoms with E-state index in [4.69, 9.17) is 4.74 Å². The average Bonchev–Trinajstić information content (AvgIpc) is 3.10. The summed E-state index contributed by atoms with van der Waals surface area (Å²) in [5, 5.41) is 6.75. The molecule has 106 valence electrons. The van der Waals surface area contributed by atoms with E-state index in [-0.39, 0.29) is 0 Å². The van der Waals surface area contributed by atoms with Crippen LogP contribution in [-0.4, -0.2) is 24.2 Å². The van der Waals surface area contributed by atoms with Crippen molar-refractivity contribution >= 4 is 17.0 Å². The molecule has 1 N–H and O–H groups in total. The molecule has 0 radical (unpaired) electrons. The number of anilines is 1. The lowest BCUT2D eigenvalue weighted by atomic mass is 10.0. The monoisotopic (exact) mass is 288 g/mol. The van der Waals surface area contributed by atoms with Crippen LogP contribution in [0, 0.1) is 12.8 Å². The van der Waals surface area contributed by atoms with Gasteiger partial charge in [0.25, 0.3) is 0 Å². The zero-order valence-electron chi connectivity index (χ0n) is 11.9. The second-order valence-electron chi connectivity index (χ2n) is 5.43. The van der Waals surface area contributed by atoms with Gasteiger partial charge in [-0.05, 0) is 44.5 Å². The van der Waals surface area contributed by atoms with Gasteiger partial charge in [0.05, 0.1) is 6.61 Å². The molecule has 0 saturated carbocycles. The van der Waals surface area contributed by atoms with Gasteiger partial charge in [-0.2, -0.15) is 0 Å². The van der Waals surface area contributed by atoms with Crippen LogP contribution in [-0.2, 0) is 4.74 Å². The van der Waals surface area contributed by atoms with Gasteiger partial charge in [0.15, 0.2) is 0 Å². The van der Waals surface area contributed by atoms with Crippen LogP contribution < -0.4 is 5.32 Å². The van der Waals surface area contributed by atoms with Crippen LogP contribution >= 0.6 is 11.3 Å². The van der Waals surface area contributed by atoms with Gasteiger partial charge < -0.3 is 10.1 Å². The third-order valence-corrected chi connectivity index (χ3v) is 4.83. The highest BCUT2D eigenvalue weighted by molar-refractivity contribution is 7.13. The average molecular weight is 288 g/mol. The molecule has 2 aromatic rings. The highest BCUT2D eigenvalue weighted by Crippen LogP contribution is 2.26. The number of aryl methyl sites for hydroxylation is 1. The third kappa shape index (κ3) is 3.02. The van der Waals surface area contributed by atoms with E-state index in [1.54, 1.807) is 11.3 Å². The molecule has 1 aromatic carbocycles. The molecular formula is C16H20N2OS. The number of aromatic nitrogens is 1. The Morgan fingerprint density at radius 1 is 1.35 bits per heavy atom. The maximum atomic E-state index is 5.45. The normalized spacial score (nSPS) is 20.0. The Hall–Kier alpha value is -1.39. The van der Waals surface area contributed by atoms with Crippen molar-refractivity contribution in [3.63, 3.8) is 0 Å². The number of hydrogen-bond acceptors (Lipinski definition) is 4. The molecule has 20 heavy (non-hydrogen) atoms. The lowest BCUT2D eigenvalue weighted by Crippen LogP contribution is -2.25. The molecule has 1 saturated heterocycles. The highest BCUT2D eigenvalue weighted by Gasteiger charge is 2.21. The first-order chi connectivity index (χ1) is 9.72. The fraction of sp³-hybridized carbons (Fsp3) is 0.438. The summed E-state index contributed by atoms with van der Waals surface area (Å²) in [5.41, 5.74) is 3.44. The lowest BCUT2D eigenvalue weighted by molar-refractivity contribution is 0.183. The van der Waals surface area contributed by atoms with Crippen molar-refractivity contribution in [2.45, 2.75) is 26.3 Å². The molecule has 0 amide bonds. The number of nitrogens with zero attached hydrogens (tertiary/aromatic N) is 1. The maximum Gasteiger partial charge on any atom is 0.123 e. The summed E-state index contributed by atoms with van der Waals surface area (Å²) in [6, 6.07) is 9.00. The lowest BCUT2D eigenvalue weighted by Gasteiger charge is -2.20. The molecule has 4 heteroatoms. The standard InChI is InChI=1S/C16H20N2OS/c1-11-10-20-16(17-11)13-3-5-15(6-4-13)18-12(2)14-7-8-19-9-14/h3-6,10,12,14,18H,7-9H2,1-2H3. The molecule has 0 aliphatic carbocycles. The Balaban J connectivity index is 1.66. The first-order valence-electron chi connectivity index (χ1n) is 7.09. The molecule has 1 aliphatic rings. The van der Waals surface area contributed by atoms with Crippen molar-refractivity contribution in [2.75, 3.05) is 18.5 Å². The largest absolute Gasteiger partial charge is 0.382 e. The van der Waals surface area contributed by atoms with Crippen molar-refractivity contribution in [3.8, 4) is 10.6 Å². The van der Waals surface area contributed by atoms with E-state index in [0.29, 0.717) is 12.0 Å². The summed E-state index contributed by atoms with van der Waals surface area (Å²) in [4.78, 5) is 4.52. The first-order valence-corrected chi connectivity index (χ1v) is 7.97. The quantitative estimate of drug-likeness (QED) is 0.925. The molecule has 1 aliphatic heterocycles.